The van der Waals surface area contributed by atoms with Crippen molar-refractivity contribution in [2.45, 2.75) is 83.9 Å². The zero-order chi connectivity index (χ0) is 31.4. The lowest BCUT2D eigenvalue weighted by Crippen LogP contribution is -2.53. The molecule has 230 valence electrons. The number of nitrogens with zero attached hydrogens (tertiary/aromatic N) is 1. The lowest BCUT2D eigenvalue weighted by atomic mass is 10.0. The third-order valence-corrected chi connectivity index (χ3v) is 6.87. The topological polar surface area (TPSA) is 131 Å². The number of hydrogen-bond donors (Lipinski definition) is 3. The Morgan fingerprint density at radius 2 is 1.51 bits per heavy atom. The number of unbranched alkanes of at least 4 members (excludes halogenated alkanes) is 4. The van der Waals surface area contributed by atoms with Gasteiger partial charge in [0.15, 0.2) is 0 Å². The second kappa shape index (κ2) is 15.7. The maximum absolute atomic E-state index is 14.2. The van der Waals surface area contributed by atoms with E-state index in [1.165, 1.54) is 4.90 Å². The highest BCUT2D eigenvalue weighted by atomic mass is 16.6. The van der Waals surface area contributed by atoms with Gasteiger partial charge < -0.3 is 26.0 Å². The maximum Gasteiger partial charge on any atom is 0.408 e. The zero-order valence-electron chi connectivity index (χ0n) is 25.6. The van der Waals surface area contributed by atoms with Gasteiger partial charge in [0.2, 0.25) is 11.8 Å². The van der Waals surface area contributed by atoms with Crippen LogP contribution < -0.4 is 16.4 Å². The fourth-order valence-electron chi connectivity index (χ4n) is 4.89. The molecular formula is C34H44N4O5. The third-order valence-electron chi connectivity index (χ3n) is 6.87. The number of ether oxygens (including phenoxy) is 1. The molecule has 3 aromatic carbocycles. The first-order chi connectivity index (χ1) is 20.5. The van der Waals surface area contributed by atoms with Crippen molar-refractivity contribution in [3.8, 4) is 0 Å². The minimum atomic E-state index is -1.32. The Hall–Kier alpha value is -4.40. The summed E-state index contributed by atoms with van der Waals surface area (Å²) in [5.74, 6) is -1.78. The zero-order valence-corrected chi connectivity index (χ0v) is 25.6. The van der Waals surface area contributed by atoms with Gasteiger partial charge in [-0.1, -0.05) is 93.3 Å². The van der Waals surface area contributed by atoms with Crippen molar-refractivity contribution in [2.75, 3.05) is 11.9 Å². The number of benzene rings is 3. The van der Waals surface area contributed by atoms with Crippen LogP contribution in [0.15, 0.2) is 72.8 Å². The van der Waals surface area contributed by atoms with E-state index < -0.39 is 47.9 Å². The van der Waals surface area contributed by atoms with Gasteiger partial charge in [0, 0.05) is 12.2 Å². The molecule has 4 amide bonds. The number of rotatable bonds is 14. The maximum atomic E-state index is 14.2. The van der Waals surface area contributed by atoms with Gasteiger partial charge in [-0.25, -0.2) is 4.79 Å². The Kier molecular flexibility index (Phi) is 12.1. The largest absolute Gasteiger partial charge is 0.444 e. The molecule has 2 unspecified atom stereocenters. The Balaban J connectivity index is 1.99. The molecular weight excluding hydrogens is 544 g/mol. The minimum Gasteiger partial charge on any atom is -0.444 e. The monoisotopic (exact) mass is 588 g/mol. The smallest absolute Gasteiger partial charge is 0.408 e. The molecule has 9 nitrogen and oxygen atoms in total. The number of fused-ring (bicyclic) bond motifs is 1. The Morgan fingerprint density at radius 1 is 0.860 bits per heavy atom. The van der Waals surface area contributed by atoms with Gasteiger partial charge in [-0.15, -0.1) is 0 Å². The number of carbonyl (C=O) groups excluding carboxylic acids is 4. The Morgan fingerprint density at radius 3 is 2.16 bits per heavy atom. The molecule has 0 aliphatic carbocycles. The average molecular weight is 589 g/mol. The molecule has 0 saturated heterocycles. The lowest BCUT2D eigenvalue weighted by molar-refractivity contribution is -0.142. The first kappa shape index (κ1) is 33.1. The molecule has 0 fully saturated rings. The lowest BCUT2D eigenvalue weighted by Gasteiger charge is -2.34. The number of hydrogen-bond acceptors (Lipinski definition) is 5. The van der Waals surface area contributed by atoms with Gasteiger partial charge in [-0.2, -0.15) is 0 Å². The molecule has 3 aromatic rings. The van der Waals surface area contributed by atoms with Crippen molar-refractivity contribution in [2.24, 2.45) is 5.73 Å². The van der Waals surface area contributed by atoms with Crippen LogP contribution in [0.3, 0.4) is 0 Å². The molecule has 0 aliphatic rings. The van der Waals surface area contributed by atoms with Crippen LogP contribution in [0, 0.1) is 0 Å². The minimum absolute atomic E-state index is 0.235. The van der Waals surface area contributed by atoms with E-state index in [4.69, 9.17) is 10.5 Å². The number of primary amides is 1. The summed E-state index contributed by atoms with van der Waals surface area (Å²) >= 11 is 0. The van der Waals surface area contributed by atoms with Gasteiger partial charge >= 0.3 is 6.09 Å². The number of anilines is 1. The normalized spacial score (nSPS) is 12.7. The number of alkyl carbamates (subject to hydrolysis) is 1. The molecule has 0 heterocycles. The SMILES string of the molecule is CCCCCCCN(C(=O)C(CC(N)=O)NC(=O)OC(C)(C)C)C(C(=O)Nc1ccc2ccccc2c1)c1ccccc1. The van der Waals surface area contributed by atoms with Crippen LogP contribution in [0.4, 0.5) is 10.5 Å². The number of nitrogens with two attached hydrogens (primary N) is 1. The van der Waals surface area contributed by atoms with Crippen LogP contribution in [0.1, 0.15) is 77.8 Å². The first-order valence-corrected chi connectivity index (χ1v) is 14.9. The van der Waals surface area contributed by atoms with Crippen LogP contribution in [-0.2, 0) is 19.1 Å². The first-order valence-electron chi connectivity index (χ1n) is 14.9. The van der Waals surface area contributed by atoms with Crippen molar-refractivity contribution in [1.29, 1.82) is 0 Å². The molecule has 2 atom stereocenters. The van der Waals surface area contributed by atoms with Crippen molar-refractivity contribution in [3.05, 3.63) is 78.4 Å². The summed E-state index contributed by atoms with van der Waals surface area (Å²) in [6, 6.07) is 20.1. The second-order valence-electron chi connectivity index (χ2n) is 11.7. The molecule has 0 aliphatic heterocycles. The highest BCUT2D eigenvalue weighted by Crippen LogP contribution is 2.27. The van der Waals surface area contributed by atoms with Crippen molar-refractivity contribution in [1.82, 2.24) is 10.2 Å². The number of nitrogens with one attached hydrogen (secondary N) is 2. The molecule has 0 aromatic heterocycles. The molecule has 9 heteroatoms. The van der Waals surface area contributed by atoms with Crippen molar-refractivity contribution in [3.63, 3.8) is 0 Å². The van der Waals surface area contributed by atoms with Gasteiger partial charge in [0.05, 0.1) is 6.42 Å². The molecule has 0 saturated carbocycles. The molecule has 0 spiro atoms. The van der Waals surface area contributed by atoms with Crippen LogP contribution in [0.5, 0.6) is 0 Å². The van der Waals surface area contributed by atoms with Crippen LogP contribution in [0.25, 0.3) is 10.8 Å². The van der Waals surface area contributed by atoms with E-state index in [1.807, 2.05) is 48.5 Å². The summed E-state index contributed by atoms with van der Waals surface area (Å²) in [5, 5.41) is 7.52. The summed E-state index contributed by atoms with van der Waals surface area (Å²) < 4.78 is 5.36. The Labute approximate surface area is 254 Å². The highest BCUT2D eigenvalue weighted by Gasteiger charge is 2.36. The highest BCUT2D eigenvalue weighted by molar-refractivity contribution is 6.01. The average Bonchev–Trinajstić information content (AvgIpc) is 2.95. The van der Waals surface area contributed by atoms with Crippen LogP contribution in [0.2, 0.25) is 0 Å². The van der Waals surface area contributed by atoms with Gasteiger partial charge in [0.1, 0.15) is 17.7 Å². The molecule has 0 radical (unpaired) electrons. The second-order valence-corrected chi connectivity index (χ2v) is 11.7. The summed E-state index contributed by atoms with van der Waals surface area (Å²) in [5.41, 5.74) is 5.86. The van der Waals surface area contributed by atoms with E-state index in [9.17, 15) is 19.2 Å². The summed E-state index contributed by atoms with van der Waals surface area (Å²) in [4.78, 5) is 54.5. The Bertz CT molecular complexity index is 1390. The van der Waals surface area contributed by atoms with E-state index in [1.54, 1.807) is 45.0 Å². The number of carbonyl (C=O) groups is 4. The fraction of sp³-hybridized carbons (Fsp3) is 0.412. The van der Waals surface area contributed by atoms with Crippen LogP contribution in [-0.4, -0.2) is 46.9 Å². The van der Waals surface area contributed by atoms with Crippen molar-refractivity contribution < 1.29 is 23.9 Å². The van der Waals surface area contributed by atoms with Crippen LogP contribution >= 0.6 is 0 Å². The fourth-order valence-corrected chi connectivity index (χ4v) is 4.89. The molecule has 3 rings (SSSR count). The predicted molar refractivity (Wildman–Crippen MR) is 169 cm³/mol. The van der Waals surface area contributed by atoms with E-state index >= 15 is 0 Å². The molecule has 43 heavy (non-hydrogen) atoms. The quantitative estimate of drug-likeness (QED) is 0.196. The summed E-state index contributed by atoms with van der Waals surface area (Å²) in [6.07, 6.45) is 3.29. The van der Waals surface area contributed by atoms with Gasteiger partial charge in [-0.3, -0.25) is 14.4 Å². The van der Waals surface area contributed by atoms with Gasteiger partial charge in [-0.05, 0) is 55.7 Å². The van der Waals surface area contributed by atoms with E-state index in [2.05, 4.69) is 17.6 Å². The van der Waals surface area contributed by atoms with Crippen molar-refractivity contribution >= 4 is 40.3 Å². The number of amides is 4. The van der Waals surface area contributed by atoms with E-state index in [-0.39, 0.29) is 6.54 Å². The standard InChI is InChI=1S/C34H44N4O5/c1-5-6-7-8-14-21-38(32(41)28(23-29(35)39)37-33(42)43-34(2,3)4)30(25-16-10-9-11-17-25)31(40)36-27-20-19-24-15-12-13-18-26(24)22-27/h9-13,15-20,22,28,30H,5-8,14,21,23H2,1-4H3,(H2,35,39)(H,36,40)(H,37,42). The predicted octanol–water partition coefficient (Wildman–Crippen LogP) is 6.09. The van der Waals surface area contributed by atoms with E-state index in [0.29, 0.717) is 17.7 Å². The van der Waals surface area contributed by atoms with E-state index in [0.717, 1.165) is 36.5 Å². The third kappa shape index (κ3) is 10.4. The molecule has 0 bridgehead atoms. The van der Waals surface area contributed by atoms with Gasteiger partial charge in [0.25, 0.3) is 5.91 Å². The summed E-state index contributed by atoms with van der Waals surface area (Å²) in [7, 11) is 0. The molecule has 4 N–H and O–H groups in total. The summed E-state index contributed by atoms with van der Waals surface area (Å²) in [6.45, 7) is 7.45.